The van der Waals surface area contributed by atoms with Gasteiger partial charge in [-0.2, -0.15) is 0 Å². The highest BCUT2D eigenvalue weighted by Crippen LogP contribution is 2.38. The van der Waals surface area contributed by atoms with Crippen LogP contribution in [0.5, 0.6) is 0 Å². The summed E-state index contributed by atoms with van der Waals surface area (Å²) < 4.78 is 0. The van der Waals surface area contributed by atoms with Crippen LogP contribution in [0.3, 0.4) is 0 Å². The molecule has 0 amide bonds. The van der Waals surface area contributed by atoms with Gasteiger partial charge in [-0.3, -0.25) is 4.90 Å². The standard InChI is InChI=1S/C17H34N2/c1-4-6-15-9-10-16(12-18)17(11-15)19-13(2)7-5-8-14(19)3/h13-17H,4-12,18H2,1-3H3. The van der Waals surface area contributed by atoms with Crippen molar-refractivity contribution in [1.82, 2.24) is 4.90 Å². The summed E-state index contributed by atoms with van der Waals surface area (Å²) in [6, 6.07) is 2.30. The highest BCUT2D eigenvalue weighted by Gasteiger charge is 2.38. The van der Waals surface area contributed by atoms with Crippen molar-refractivity contribution in [2.75, 3.05) is 6.54 Å². The van der Waals surface area contributed by atoms with Gasteiger partial charge < -0.3 is 5.73 Å². The number of hydrogen-bond acceptors (Lipinski definition) is 2. The quantitative estimate of drug-likeness (QED) is 0.839. The molecule has 1 saturated carbocycles. The third-order valence-corrected chi connectivity index (χ3v) is 5.71. The van der Waals surface area contributed by atoms with Crippen LogP contribution in [-0.2, 0) is 0 Å². The minimum Gasteiger partial charge on any atom is -0.330 e. The second kappa shape index (κ2) is 7.08. The molecule has 2 rings (SSSR count). The Morgan fingerprint density at radius 2 is 1.74 bits per heavy atom. The molecule has 1 aliphatic heterocycles. The van der Waals surface area contributed by atoms with Gasteiger partial charge >= 0.3 is 0 Å². The van der Waals surface area contributed by atoms with Gasteiger partial charge in [0.2, 0.25) is 0 Å². The Morgan fingerprint density at radius 1 is 1.05 bits per heavy atom. The second-order valence-corrected chi connectivity index (χ2v) is 7.11. The highest BCUT2D eigenvalue weighted by atomic mass is 15.2. The lowest BCUT2D eigenvalue weighted by Crippen LogP contribution is -2.55. The minimum atomic E-state index is 0.746. The Hall–Kier alpha value is -0.0800. The monoisotopic (exact) mass is 266 g/mol. The van der Waals surface area contributed by atoms with Crippen LogP contribution in [0.4, 0.5) is 0 Å². The summed E-state index contributed by atoms with van der Waals surface area (Å²) in [7, 11) is 0. The Morgan fingerprint density at radius 3 is 2.32 bits per heavy atom. The summed E-state index contributed by atoms with van der Waals surface area (Å²) in [5.41, 5.74) is 6.08. The van der Waals surface area contributed by atoms with Crippen LogP contribution in [0.15, 0.2) is 0 Å². The molecule has 19 heavy (non-hydrogen) atoms. The fourth-order valence-electron chi connectivity index (χ4n) is 4.70. The molecule has 0 aromatic heterocycles. The Kier molecular flexibility index (Phi) is 5.70. The fourth-order valence-corrected chi connectivity index (χ4v) is 4.70. The maximum atomic E-state index is 6.08. The van der Waals surface area contributed by atoms with Crippen LogP contribution in [0.2, 0.25) is 0 Å². The Bertz CT molecular complexity index is 256. The van der Waals surface area contributed by atoms with E-state index in [4.69, 9.17) is 5.73 Å². The van der Waals surface area contributed by atoms with Gasteiger partial charge in [-0.05, 0) is 57.9 Å². The van der Waals surface area contributed by atoms with Crippen LogP contribution in [0, 0.1) is 11.8 Å². The normalized spacial score (nSPS) is 41.4. The zero-order valence-corrected chi connectivity index (χ0v) is 13.3. The Balaban J connectivity index is 2.07. The van der Waals surface area contributed by atoms with E-state index >= 15 is 0 Å². The van der Waals surface area contributed by atoms with Gasteiger partial charge in [0.05, 0.1) is 0 Å². The van der Waals surface area contributed by atoms with Crippen molar-refractivity contribution in [3.8, 4) is 0 Å². The van der Waals surface area contributed by atoms with E-state index in [-0.39, 0.29) is 0 Å². The molecule has 2 nitrogen and oxygen atoms in total. The molecular weight excluding hydrogens is 232 g/mol. The number of rotatable bonds is 4. The SMILES string of the molecule is CCCC1CCC(CN)C(N2C(C)CCCC2C)C1. The maximum Gasteiger partial charge on any atom is 0.0144 e. The van der Waals surface area contributed by atoms with Crippen molar-refractivity contribution in [3.63, 3.8) is 0 Å². The van der Waals surface area contributed by atoms with Crippen molar-refractivity contribution in [2.24, 2.45) is 17.6 Å². The molecule has 0 aromatic rings. The highest BCUT2D eigenvalue weighted by molar-refractivity contribution is 4.93. The largest absolute Gasteiger partial charge is 0.330 e. The maximum absolute atomic E-state index is 6.08. The molecule has 2 fully saturated rings. The number of nitrogens with zero attached hydrogens (tertiary/aromatic N) is 1. The summed E-state index contributed by atoms with van der Waals surface area (Å²) in [5, 5.41) is 0. The molecule has 5 unspecified atom stereocenters. The van der Waals surface area contributed by atoms with Crippen LogP contribution < -0.4 is 5.73 Å². The molecule has 1 heterocycles. The predicted octanol–water partition coefficient (Wildman–Crippen LogP) is 3.79. The summed E-state index contributed by atoms with van der Waals surface area (Å²) >= 11 is 0. The molecule has 0 aromatic carbocycles. The summed E-state index contributed by atoms with van der Waals surface area (Å²) in [5.74, 6) is 1.70. The zero-order chi connectivity index (χ0) is 13.8. The minimum absolute atomic E-state index is 0.746. The lowest BCUT2D eigenvalue weighted by atomic mass is 9.74. The molecule has 0 radical (unpaired) electrons. The van der Waals surface area contributed by atoms with E-state index in [1.807, 2.05) is 0 Å². The summed E-state index contributed by atoms with van der Waals surface area (Å²) in [4.78, 5) is 2.85. The van der Waals surface area contributed by atoms with Crippen LogP contribution >= 0.6 is 0 Å². The average molecular weight is 266 g/mol. The molecule has 0 spiro atoms. The smallest absolute Gasteiger partial charge is 0.0144 e. The predicted molar refractivity (Wildman–Crippen MR) is 83.2 cm³/mol. The topological polar surface area (TPSA) is 29.3 Å². The van der Waals surface area contributed by atoms with E-state index < -0.39 is 0 Å². The third-order valence-electron chi connectivity index (χ3n) is 5.71. The van der Waals surface area contributed by atoms with Gasteiger partial charge in [0.25, 0.3) is 0 Å². The fraction of sp³-hybridized carbons (Fsp3) is 1.00. The van der Waals surface area contributed by atoms with Crippen molar-refractivity contribution in [2.45, 2.75) is 90.3 Å². The summed E-state index contributed by atoms with van der Waals surface area (Å²) in [6.45, 7) is 8.09. The van der Waals surface area contributed by atoms with Gasteiger partial charge in [-0.1, -0.05) is 32.6 Å². The van der Waals surface area contributed by atoms with Crippen molar-refractivity contribution in [1.29, 1.82) is 0 Å². The molecule has 112 valence electrons. The first-order valence-electron chi connectivity index (χ1n) is 8.64. The first-order chi connectivity index (χ1) is 9.17. The molecular formula is C17H34N2. The number of nitrogens with two attached hydrogens (primary N) is 1. The second-order valence-electron chi connectivity index (χ2n) is 7.11. The van der Waals surface area contributed by atoms with E-state index in [0.29, 0.717) is 0 Å². The van der Waals surface area contributed by atoms with Gasteiger partial charge in [0, 0.05) is 18.1 Å². The Labute approximate surface area is 120 Å². The first-order valence-corrected chi connectivity index (χ1v) is 8.64. The van der Waals surface area contributed by atoms with Gasteiger partial charge in [-0.25, -0.2) is 0 Å². The van der Waals surface area contributed by atoms with Gasteiger partial charge in [0.1, 0.15) is 0 Å². The van der Waals surface area contributed by atoms with Crippen LogP contribution in [-0.4, -0.2) is 29.6 Å². The molecule has 5 atom stereocenters. The average Bonchev–Trinajstić information content (AvgIpc) is 2.39. The van der Waals surface area contributed by atoms with E-state index in [0.717, 1.165) is 36.5 Å². The zero-order valence-electron chi connectivity index (χ0n) is 13.3. The molecule has 0 bridgehead atoms. The van der Waals surface area contributed by atoms with E-state index in [9.17, 15) is 0 Å². The molecule has 2 aliphatic rings. The molecule has 2 heteroatoms. The van der Waals surface area contributed by atoms with E-state index in [1.54, 1.807) is 0 Å². The number of likely N-dealkylation sites (tertiary alicyclic amines) is 1. The van der Waals surface area contributed by atoms with Crippen molar-refractivity contribution >= 4 is 0 Å². The summed E-state index contributed by atoms with van der Waals surface area (Å²) in [6.07, 6.45) is 11.1. The number of piperidine rings is 1. The lowest BCUT2D eigenvalue weighted by molar-refractivity contribution is -0.00318. The van der Waals surface area contributed by atoms with E-state index in [2.05, 4.69) is 25.7 Å². The third kappa shape index (κ3) is 3.52. The van der Waals surface area contributed by atoms with Crippen LogP contribution in [0.25, 0.3) is 0 Å². The molecule has 1 aliphatic carbocycles. The number of hydrogen-bond donors (Lipinski definition) is 1. The first kappa shape index (κ1) is 15.3. The van der Waals surface area contributed by atoms with Crippen LogP contribution in [0.1, 0.15) is 72.1 Å². The van der Waals surface area contributed by atoms with Gasteiger partial charge in [-0.15, -0.1) is 0 Å². The van der Waals surface area contributed by atoms with Crippen molar-refractivity contribution in [3.05, 3.63) is 0 Å². The van der Waals surface area contributed by atoms with Crippen molar-refractivity contribution < 1.29 is 0 Å². The lowest BCUT2D eigenvalue weighted by Gasteiger charge is -2.50. The van der Waals surface area contributed by atoms with Gasteiger partial charge in [0.15, 0.2) is 0 Å². The molecule has 1 saturated heterocycles. The van der Waals surface area contributed by atoms with E-state index in [1.165, 1.54) is 51.4 Å². The molecule has 2 N–H and O–H groups in total.